The monoisotopic (exact) mass is 367 g/mol. The third-order valence-electron chi connectivity index (χ3n) is 4.57. The average Bonchev–Trinajstić information content (AvgIpc) is 2.98. The van der Waals surface area contributed by atoms with Crippen molar-refractivity contribution in [2.24, 2.45) is 0 Å². The Balaban J connectivity index is 1.55. The number of thiazole rings is 1. The number of carbonyl (C=O) groups excluding carboxylic acids is 1. The number of fused-ring (bicyclic) bond motifs is 1. The van der Waals surface area contributed by atoms with Crippen molar-refractivity contribution in [1.82, 2.24) is 15.2 Å². The van der Waals surface area contributed by atoms with Crippen LogP contribution in [0.5, 0.6) is 0 Å². The van der Waals surface area contributed by atoms with Crippen molar-refractivity contribution in [3.63, 3.8) is 0 Å². The molecule has 1 heterocycles. The predicted octanol–water partition coefficient (Wildman–Crippen LogP) is 4.22. The van der Waals surface area contributed by atoms with Crippen LogP contribution in [0.4, 0.5) is 0 Å². The van der Waals surface area contributed by atoms with Gasteiger partial charge in [0.15, 0.2) is 0 Å². The third-order valence-corrected chi connectivity index (χ3v) is 5.59. The number of hydrogen-bond donors (Lipinski definition) is 1. The molecule has 0 saturated carbocycles. The molecule has 0 aliphatic heterocycles. The number of aromatic nitrogens is 1. The standard InChI is InChI=1S/C21H25N3OS/c1-14-9-10-17(11-15(14)2)16(3)22-20(25)12-24(4)13-21-23-18-7-5-6-8-19(18)26-21/h5-11,16H,12-13H2,1-4H3,(H,22,25)/t16-/m1/s1. The van der Waals surface area contributed by atoms with Crippen LogP contribution in [-0.4, -0.2) is 29.4 Å². The van der Waals surface area contributed by atoms with Gasteiger partial charge in [-0.15, -0.1) is 11.3 Å². The number of carbonyl (C=O) groups is 1. The molecule has 3 aromatic rings. The van der Waals surface area contributed by atoms with Crippen LogP contribution >= 0.6 is 11.3 Å². The zero-order valence-corrected chi connectivity index (χ0v) is 16.6. The summed E-state index contributed by atoms with van der Waals surface area (Å²) in [6, 6.07) is 14.4. The highest BCUT2D eigenvalue weighted by Gasteiger charge is 2.13. The van der Waals surface area contributed by atoms with Gasteiger partial charge in [0, 0.05) is 0 Å². The fourth-order valence-electron chi connectivity index (χ4n) is 2.92. The molecule has 0 radical (unpaired) electrons. The summed E-state index contributed by atoms with van der Waals surface area (Å²) in [6.07, 6.45) is 0. The maximum atomic E-state index is 12.4. The molecular formula is C21H25N3OS. The number of para-hydroxylation sites is 1. The summed E-state index contributed by atoms with van der Waals surface area (Å²) in [5, 5.41) is 4.12. The lowest BCUT2D eigenvalue weighted by Crippen LogP contribution is -2.36. The van der Waals surface area contributed by atoms with E-state index in [1.807, 2.05) is 37.1 Å². The van der Waals surface area contributed by atoms with Gasteiger partial charge < -0.3 is 5.32 Å². The molecule has 0 unspecified atom stereocenters. The Bertz CT molecular complexity index is 886. The van der Waals surface area contributed by atoms with E-state index in [1.165, 1.54) is 15.8 Å². The van der Waals surface area contributed by atoms with Crippen LogP contribution in [0, 0.1) is 13.8 Å². The van der Waals surface area contributed by atoms with E-state index in [0.717, 1.165) is 16.1 Å². The van der Waals surface area contributed by atoms with Gasteiger partial charge in [-0.25, -0.2) is 4.98 Å². The van der Waals surface area contributed by atoms with E-state index in [4.69, 9.17) is 0 Å². The molecule has 1 atom stereocenters. The molecule has 0 aliphatic rings. The van der Waals surface area contributed by atoms with Crippen molar-refractivity contribution in [1.29, 1.82) is 0 Å². The van der Waals surface area contributed by atoms with Gasteiger partial charge in [0.1, 0.15) is 5.01 Å². The van der Waals surface area contributed by atoms with Crippen LogP contribution in [0.2, 0.25) is 0 Å². The van der Waals surface area contributed by atoms with Gasteiger partial charge in [0.05, 0.1) is 29.3 Å². The molecule has 1 N–H and O–H groups in total. The lowest BCUT2D eigenvalue weighted by molar-refractivity contribution is -0.122. The molecule has 0 aliphatic carbocycles. The Morgan fingerprint density at radius 2 is 1.96 bits per heavy atom. The highest BCUT2D eigenvalue weighted by molar-refractivity contribution is 7.18. The summed E-state index contributed by atoms with van der Waals surface area (Å²) in [5.74, 6) is 0.0272. The summed E-state index contributed by atoms with van der Waals surface area (Å²) in [6.45, 7) is 7.24. The molecule has 136 valence electrons. The summed E-state index contributed by atoms with van der Waals surface area (Å²) in [4.78, 5) is 19.0. The number of nitrogens with one attached hydrogen (secondary N) is 1. The van der Waals surface area contributed by atoms with E-state index in [1.54, 1.807) is 11.3 Å². The highest BCUT2D eigenvalue weighted by atomic mass is 32.1. The van der Waals surface area contributed by atoms with Crippen LogP contribution in [-0.2, 0) is 11.3 Å². The smallest absolute Gasteiger partial charge is 0.234 e. The topological polar surface area (TPSA) is 45.2 Å². The van der Waals surface area contributed by atoms with E-state index in [0.29, 0.717) is 13.1 Å². The minimum atomic E-state index is -0.00218. The van der Waals surface area contributed by atoms with Crippen molar-refractivity contribution >= 4 is 27.5 Å². The van der Waals surface area contributed by atoms with Crippen molar-refractivity contribution in [3.05, 3.63) is 64.2 Å². The Kier molecular flexibility index (Phi) is 5.69. The maximum absolute atomic E-state index is 12.4. The van der Waals surface area contributed by atoms with Gasteiger partial charge in [0.2, 0.25) is 5.91 Å². The van der Waals surface area contributed by atoms with Crippen LogP contribution in [0.25, 0.3) is 10.2 Å². The maximum Gasteiger partial charge on any atom is 0.234 e. The quantitative estimate of drug-likeness (QED) is 0.709. The zero-order chi connectivity index (χ0) is 18.7. The Morgan fingerprint density at radius 1 is 1.19 bits per heavy atom. The number of benzene rings is 2. The van der Waals surface area contributed by atoms with Crippen molar-refractivity contribution in [2.75, 3.05) is 13.6 Å². The Hall–Kier alpha value is -2.24. The largest absolute Gasteiger partial charge is 0.348 e. The van der Waals surface area contributed by atoms with Gasteiger partial charge in [-0.1, -0.05) is 30.3 Å². The minimum absolute atomic E-state index is 0.00218. The lowest BCUT2D eigenvalue weighted by Gasteiger charge is -2.19. The normalized spacial score (nSPS) is 12.5. The van der Waals surface area contributed by atoms with E-state index < -0.39 is 0 Å². The molecular weight excluding hydrogens is 342 g/mol. The summed E-state index contributed by atoms with van der Waals surface area (Å²) in [5.41, 5.74) is 4.67. The lowest BCUT2D eigenvalue weighted by atomic mass is 10.0. The first-order valence-electron chi connectivity index (χ1n) is 8.82. The zero-order valence-electron chi connectivity index (χ0n) is 15.7. The molecule has 0 bridgehead atoms. The number of amides is 1. The Morgan fingerprint density at radius 3 is 2.69 bits per heavy atom. The van der Waals surface area contributed by atoms with Gasteiger partial charge in [0.25, 0.3) is 0 Å². The molecule has 3 rings (SSSR count). The Labute approximate surface area is 158 Å². The highest BCUT2D eigenvalue weighted by Crippen LogP contribution is 2.22. The minimum Gasteiger partial charge on any atom is -0.348 e. The van der Waals surface area contributed by atoms with Crippen LogP contribution in [0.15, 0.2) is 42.5 Å². The second-order valence-corrected chi connectivity index (χ2v) is 8.00. The van der Waals surface area contributed by atoms with Crippen LogP contribution < -0.4 is 5.32 Å². The predicted molar refractivity (Wildman–Crippen MR) is 108 cm³/mol. The van der Waals surface area contributed by atoms with Gasteiger partial charge in [-0.05, 0) is 56.6 Å². The first kappa shape index (κ1) is 18.5. The van der Waals surface area contributed by atoms with Crippen molar-refractivity contribution < 1.29 is 4.79 Å². The molecule has 0 spiro atoms. The summed E-state index contributed by atoms with van der Waals surface area (Å²) in [7, 11) is 1.95. The van der Waals surface area contributed by atoms with Crippen LogP contribution in [0.3, 0.4) is 0 Å². The summed E-state index contributed by atoms with van der Waals surface area (Å²) < 4.78 is 1.18. The first-order chi connectivity index (χ1) is 12.4. The van der Waals surface area contributed by atoms with Crippen LogP contribution in [0.1, 0.15) is 34.7 Å². The number of aryl methyl sites for hydroxylation is 2. The second kappa shape index (κ2) is 7.98. The molecule has 0 fully saturated rings. The molecule has 1 amide bonds. The van der Waals surface area contributed by atoms with Gasteiger partial charge in [-0.2, -0.15) is 0 Å². The summed E-state index contributed by atoms with van der Waals surface area (Å²) >= 11 is 1.68. The number of nitrogens with zero attached hydrogens (tertiary/aromatic N) is 2. The van der Waals surface area contributed by atoms with E-state index in [-0.39, 0.29) is 11.9 Å². The fourth-order valence-corrected chi connectivity index (χ4v) is 3.97. The third kappa shape index (κ3) is 4.48. The van der Waals surface area contributed by atoms with Gasteiger partial charge >= 0.3 is 0 Å². The molecule has 5 heteroatoms. The molecule has 2 aromatic carbocycles. The molecule has 26 heavy (non-hydrogen) atoms. The van der Waals surface area contributed by atoms with E-state index in [2.05, 4.69) is 48.4 Å². The van der Waals surface area contributed by atoms with E-state index >= 15 is 0 Å². The average molecular weight is 368 g/mol. The second-order valence-electron chi connectivity index (χ2n) is 6.88. The molecule has 0 saturated heterocycles. The van der Waals surface area contributed by atoms with Crippen molar-refractivity contribution in [2.45, 2.75) is 33.4 Å². The fraction of sp³-hybridized carbons (Fsp3) is 0.333. The first-order valence-corrected chi connectivity index (χ1v) is 9.63. The molecule has 1 aromatic heterocycles. The number of rotatable bonds is 6. The van der Waals surface area contributed by atoms with E-state index in [9.17, 15) is 4.79 Å². The number of likely N-dealkylation sites (N-methyl/N-ethyl adjacent to an activating group) is 1. The van der Waals surface area contributed by atoms with Crippen molar-refractivity contribution in [3.8, 4) is 0 Å². The SMILES string of the molecule is Cc1ccc([C@@H](C)NC(=O)CN(C)Cc2nc3ccccc3s2)cc1C. The van der Waals surface area contributed by atoms with Gasteiger partial charge in [-0.3, -0.25) is 9.69 Å². The number of hydrogen-bond acceptors (Lipinski definition) is 4. The molecule has 4 nitrogen and oxygen atoms in total.